The fourth-order valence-electron chi connectivity index (χ4n) is 2.78. The number of thiazole rings is 1. The molecule has 2 heterocycles. The number of anilines is 1. The highest BCUT2D eigenvalue weighted by Gasteiger charge is 2.17. The van der Waals surface area contributed by atoms with Gasteiger partial charge in [0.2, 0.25) is 4.80 Å². The molecular formula is C21H17BrN4O2S. The van der Waals surface area contributed by atoms with Crippen molar-refractivity contribution in [3.05, 3.63) is 75.3 Å². The van der Waals surface area contributed by atoms with Crippen LogP contribution in [0, 0.1) is 0 Å². The first-order chi connectivity index (χ1) is 14.1. The van der Waals surface area contributed by atoms with E-state index in [1.54, 1.807) is 17.0 Å². The van der Waals surface area contributed by atoms with Gasteiger partial charge in [-0.05, 0) is 35.9 Å². The zero-order valence-corrected chi connectivity index (χ0v) is 17.7. The van der Waals surface area contributed by atoms with Crippen LogP contribution in [0.4, 0.5) is 5.69 Å². The number of benzene rings is 2. The van der Waals surface area contributed by atoms with Crippen LogP contribution in [-0.2, 0) is 4.79 Å². The highest BCUT2D eigenvalue weighted by Crippen LogP contribution is 2.32. The molecule has 146 valence electrons. The van der Waals surface area contributed by atoms with Crippen LogP contribution in [0.2, 0.25) is 0 Å². The number of amides is 1. The van der Waals surface area contributed by atoms with E-state index in [0.717, 1.165) is 26.1 Å². The maximum Gasteiger partial charge on any atom is 0.262 e. The summed E-state index contributed by atoms with van der Waals surface area (Å²) >= 11 is 4.93. The average molecular weight is 469 g/mol. The summed E-state index contributed by atoms with van der Waals surface area (Å²) in [6.45, 7) is 4.27. The van der Waals surface area contributed by atoms with Gasteiger partial charge in [0.25, 0.3) is 5.91 Å². The topological polar surface area (TPSA) is 68.0 Å². The number of hydrogen-bond acceptors (Lipinski definition) is 5. The molecule has 1 aromatic heterocycles. The lowest BCUT2D eigenvalue weighted by Gasteiger charge is -2.18. The van der Waals surface area contributed by atoms with Gasteiger partial charge in [0, 0.05) is 15.4 Å². The molecule has 29 heavy (non-hydrogen) atoms. The number of hydrogen-bond donors (Lipinski definition) is 1. The van der Waals surface area contributed by atoms with Crippen molar-refractivity contribution < 1.29 is 9.53 Å². The van der Waals surface area contributed by atoms with E-state index in [9.17, 15) is 4.79 Å². The van der Waals surface area contributed by atoms with E-state index < -0.39 is 0 Å². The number of nitrogens with one attached hydrogen (secondary N) is 1. The van der Waals surface area contributed by atoms with Crippen molar-refractivity contribution in [3.63, 3.8) is 0 Å². The molecule has 0 bridgehead atoms. The number of carbonyl (C=O) groups is 1. The van der Waals surface area contributed by atoms with E-state index in [-0.39, 0.29) is 12.5 Å². The zero-order chi connectivity index (χ0) is 20.2. The van der Waals surface area contributed by atoms with Crippen LogP contribution in [-0.4, -0.2) is 29.9 Å². The first-order valence-corrected chi connectivity index (χ1v) is 10.5. The number of rotatable bonds is 5. The molecule has 1 aliphatic rings. The summed E-state index contributed by atoms with van der Waals surface area (Å²) in [5.41, 5.74) is 3.39. The predicted molar refractivity (Wildman–Crippen MR) is 120 cm³/mol. The van der Waals surface area contributed by atoms with Crippen molar-refractivity contribution in [1.29, 1.82) is 0 Å². The fourth-order valence-corrected chi connectivity index (χ4v) is 3.89. The Kier molecular flexibility index (Phi) is 5.73. The molecule has 0 aliphatic carbocycles. The normalized spacial score (nSPS) is 13.8. The SMILES string of the molecule is C=CCN=c1scc(-c2ccc3c(c2)NC(=O)CO3)n1N=Cc1ccc(Br)cc1. The summed E-state index contributed by atoms with van der Waals surface area (Å²) in [5, 5.41) is 9.50. The van der Waals surface area contributed by atoms with Gasteiger partial charge in [0.1, 0.15) is 5.75 Å². The van der Waals surface area contributed by atoms with Crippen LogP contribution in [0.1, 0.15) is 5.56 Å². The highest BCUT2D eigenvalue weighted by molar-refractivity contribution is 9.10. The van der Waals surface area contributed by atoms with Gasteiger partial charge in [0.15, 0.2) is 6.61 Å². The first kappa shape index (κ1) is 19.4. The van der Waals surface area contributed by atoms with Crippen LogP contribution in [0.25, 0.3) is 11.3 Å². The smallest absolute Gasteiger partial charge is 0.262 e. The van der Waals surface area contributed by atoms with E-state index in [1.165, 1.54) is 11.3 Å². The second-order valence-corrected chi connectivity index (χ2v) is 7.94. The van der Waals surface area contributed by atoms with E-state index in [1.807, 2.05) is 47.8 Å². The third kappa shape index (κ3) is 4.38. The van der Waals surface area contributed by atoms with Crippen LogP contribution >= 0.6 is 27.3 Å². The Morgan fingerprint density at radius 2 is 2.10 bits per heavy atom. The van der Waals surface area contributed by atoms with Crippen molar-refractivity contribution in [2.24, 2.45) is 10.1 Å². The van der Waals surface area contributed by atoms with E-state index in [4.69, 9.17) is 4.74 Å². The van der Waals surface area contributed by atoms with Crippen LogP contribution in [0.3, 0.4) is 0 Å². The minimum atomic E-state index is -0.164. The quantitative estimate of drug-likeness (QED) is 0.448. The molecule has 0 radical (unpaired) electrons. The minimum Gasteiger partial charge on any atom is -0.482 e. The lowest BCUT2D eigenvalue weighted by Crippen LogP contribution is -2.25. The molecule has 0 atom stereocenters. The summed E-state index contributed by atoms with van der Waals surface area (Å²) < 4.78 is 8.26. The lowest BCUT2D eigenvalue weighted by molar-refractivity contribution is -0.118. The molecule has 0 fully saturated rings. The van der Waals surface area contributed by atoms with Gasteiger partial charge in [-0.15, -0.1) is 17.9 Å². The Balaban J connectivity index is 1.77. The molecule has 0 saturated heterocycles. The lowest BCUT2D eigenvalue weighted by atomic mass is 10.1. The Bertz CT molecular complexity index is 1160. The summed E-state index contributed by atoms with van der Waals surface area (Å²) in [4.78, 5) is 17.0. The number of halogens is 1. The third-order valence-electron chi connectivity index (χ3n) is 4.14. The van der Waals surface area contributed by atoms with Crippen molar-refractivity contribution in [2.75, 3.05) is 18.5 Å². The van der Waals surface area contributed by atoms with Gasteiger partial charge in [-0.3, -0.25) is 9.79 Å². The van der Waals surface area contributed by atoms with Gasteiger partial charge in [-0.25, -0.2) is 4.68 Å². The number of aromatic nitrogens is 1. The maximum absolute atomic E-state index is 11.7. The Morgan fingerprint density at radius 3 is 2.90 bits per heavy atom. The van der Waals surface area contributed by atoms with Gasteiger partial charge in [-0.1, -0.05) is 34.1 Å². The summed E-state index contributed by atoms with van der Waals surface area (Å²) in [6, 6.07) is 13.6. The molecule has 8 heteroatoms. The number of carbonyl (C=O) groups excluding carboxylic acids is 1. The van der Waals surface area contributed by atoms with Crippen molar-refractivity contribution in [3.8, 4) is 17.0 Å². The molecule has 3 aromatic rings. The van der Waals surface area contributed by atoms with Crippen molar-refractivity contribution >= 4 is 45.1 Å². The second kappa shape index (κ2) is 8.59. The van der Waals surface area contributed by atoms with Gasteiger partial charge in [0.05, 0.1) is 24.1 Å². The Hall–Kier alpha value is -2.97. The summed E-state index contributed by atoms with van der Waals surface area (Å²) in [5.74, 6) is 0.493. The fraction of sp³-hybridized carbons (Fsp3) is 0.0952. The van der Waals surface area contributed by atoms with Crippen LogP contribution in [0.5, 0.6) is 5.75 Å². The molecular weight excluding hydrogens is 452 g/mol. The molecule has 1 amide bonds. The van der Waals surface area contributed by atoms with E-state index >= 15 is 0 Å². The van der Waals surface area contributed by atoms with E-state index in [0.29, 0.717) is 18.0 Å². The predicted octanol–water partition coefficient (Wildman–Crippen LogP) is 4.28. The largest absolute Gasteiger partial charge is 0.482 e. The maximum atomic E-state index is 11.7. The molecule has 4 rings (SSSR count). The first-order valence-electron chi connectivity index (χ1n) is 8.83. The molecule has 0 saturated carbocycles. The molecule has 0 unspecified atom stereocenters. The third-order valence-corrected chi connectivity index (χ3v) is 5.52. The molecule has 1 N–H and O–H groups in total. The molecule has 1 aliphatic heterocycles. The number of nitrogens with zero attached hydrogens (tertiary/aromatic N) is 3. The average Bonchev–Trinajstić information content (AvgIpc) is 3.14. The second-order valence-electron chi connectivity index (χ2n) is 6.19. The standard InChI is InChI=1S/C21H17BrN4O2S/c1-2-9-23-21-26(24-11-14-3-6-16(22)7-4-14)18(13-29-21)15-5-8-19-17(10-15)25-20(27)12-28-19/h2-8,10-11,13H,1,9,12H2,(H,25,27). The van der Waals surface area contributed by atoms with Gasteiger partial charge in [-0.2, -0.15) is 5.10 Å². The Morgan fingerprint density at radius 1 is 1.28 bits per heavy atom. The number of ether oxygens (including phenoxy) is 1. The molecule has 6 nitrogen and oxygen atoms in total. The van der Waals surface area contributed by atoms with Gasteiger partial charge < -0.3 is 10.1 Å². The zero-order valence-electron chi connectivity index (χ0n) is 15.3. The summed E-state index contributed by atoms with van der Waals surface area (Å²) in [7, 11) is 0. The summed E-state index contributed by atoms with van der Waals surface area (Å²) in [6.07, 6.45) is 3.53. The van der Waals surface area contributed by atoms with Gasteiger partial charge >= 0.3 is 0 Å². The number of fused-ring (bicyclic) bond motifs is 1. The van der Waals surface area contributed by atoms with Crippen LogP contribution < -0.4 is 14.9 Å². The Labute approximate surface area is 180 Å². The molecule has 2 aromatic carbocycles. The van der Waals surface area contributed by atoms with Crippen LogP contribution in [0.15, 0.2) is 75.1 Å². The molecule has 0 spiro atoms. The minimum absolute atomic E-state index is 0.0346. The highest BCUT2D eigenvalue weighted by atomic mass is 79.9. The monoisotopic (exact) mass is 468 g/mol. The van der Waals surface area contributed by atoms with Crippen molar-refractivity contribution in [1.82, 2.24) is 4.68 Å². The van der Waals surface area contributed by atoms with Crippen molar-refractivity contribution in [2.45, 2.75) is 0 Å². The van der Waals surface area contributed by atoms with E-state index in [2.05, 4.69) is 37.9 Å².